The van der Waals surface area contributed by atoms with Gasteiger partial charge in [0, 0.05) is 12.5 Å². The summed E-state index contributed by atoms with van der Waals surface area (Å²) in [4.78, 5) is 12.4. The number of ether oxygens (including phenoxy) is 1. The topological polar surface area (TPSA) is 26.3 Å². The predicted octanol–water partition coefficient (Wildman–Crippen LogP) is 3.42. The van der Waals surface area contributed by atoms with Gasteiger partial charge in [-0.25, -0.2) is 0 Å². The highest BCUT2D eigenvalue weighted by molar-refractivity contribution is 5.89. The van der Waals surface area contributed by atoms with Crippen molar-refractivity contribution in [1.82, 2.24) is 0 Å². The summed E-state index contributed by atoms with van der Waals surface area (Å²) in [5.74, 6) is 1.14. The molecule has 0 radical (unpaired) electrons. The third-order valence-corrected chi connectivity index (χ3v) is 3.62. The van der Waals surface area contributed by atoms with Gasteiger partial charge in [0.2, 0.25) is 0 Å². The Morgan fingerprint density at radius 2 is 2.00 bits per heavy atom. The zero-order valence-corrected chi connectivity index (χ0v) is 11.4. The molecule has 1 aromatic rings. The number of hydrogen-bond donors (Lipinski definition) is 0. The minimum atomic E-state index is -0.228. The second-order valence-electron chi connectivity index (χ2n) is 5.38. The van der Waals surface area contributed by atoms with Crippen molar-refractivity contribution in [2.45, 2.75) is 39.2 Å². The van der Waals surface area contributed by atoms with Gasteiger partial charge in [-0.2, -0.15) is 0 Å². The first-order valence-corrected chi connectivity index (χ1v) is 6.85. The van der Waals surface area contributed by atoms with E-state index in [9.17, 15) is 4.79 Å². The van der Waals surface area contributed by atoms with Gasteiger partial charge in [0.15, 0.2) is 5.78 Å². The molecule has 2 heteroatoms. The van der Waals surface area contributed by atoms with Crippen LogP contribution in [0.4, 0.5) is 0 Å². The van der Waals surface area contributed by atoms with Crippen molar-refractivity contribution in [3.63, 3.8) is 0 Å². The lowest BCUT2D eigenvalue weighted by molar-refractivity contribution is -0.134. The quantitative estimate of drug-likeness (QED) is 0.768. The SMILES string of the molecule is CCOC(C(=O)C1CC1c1ccccc1)C(C)C. The minimum absolute atomic E-state index is 0.173. The average molecular weight is 246 g/mol. The van der Waals surface area contributed by atoms with E-state index < -0.39 is 0 Å². The smallest absolute Gasteiger partial charge is 0.165 e. The molecule has 0 spiro atoms. The van der Waals surface area contributed by atoms with E-state index in [1.807, 2.05) is 25.1 Å². The number of ketones is 1. The molecular weight excluding hydrogens is 224 g/mol. The van der Waals surface area contributed by atoms with Gasteiger partial charge in [0.25, 0.3) is 0 Å². The van der Waals surface area contributed by atoms with Crippen LogP contribution in [0.1, 0.15) is 38.7 Å². The minimum Gasteiger partial charge on any atom is -0.370 e. The summed E-state index contributed by atoms with van der Waals surface area (Å²) in [6, 6.07) is 10.3. The molecule has 0 amide bonds. The number of Topliss-reactive ketones (excluding diaryl/α,β-unsaturated/α-hetero) is 1. The Bertz CT molecular complexity index is 397. The van der Waals surface area contributed by atoms with Crippen molar-refractivity contribution >= 4 is 5.78 Å². The first kappa shape index (κ1) is 13.3. The zero-order chi connectivity index (χ0) is 13.1. The van der Waals surface area contributed by atoms with Crippen LogP contribution in [0.3, 0.4) is 0 Å². The molecule has 98 valence electrons. The molecule has 3 atom stereocenters. The van der Waals surface area contributed by atoms with Crippen molar-refractivity contribution in [3.05, 3.63) is 35.9 Å². The van der Waals surface area contributed by atoms with E-state index in [1.54, 1.807) is 0 Å². The summed E-state index contributed by atoms with van der Waals surface area (Å²) in [7, 11) is 0. The summed E-state index contributed by atoms with van der Waals surface area (Å²) in [6.45, 7) is 6.66. The number of hydrogen-bond acceptors (Lipinski definition) is 2. The summed E-state index contributed by atoms with van der Waals surface area (Å²) >= 11 is 0. The molecule has 0 aromatic heterocycles. The van der Waals surface area contributed by atoms with Crippen molar-refractivity contribution in [2.24, 2.45) is 11.8 Å². The lowest BCUT2D eigenvalue weighted by Crippen LogP contribution is -2.31. The van der Waals surface area contributed by atoms with Crippen LogP contribution in [0, 0.1) is 11.8 Å². The van der Waals surface area contributed by atoms with Gasteiger partial charge >= 0.3 is 0 Å². The molecule has 3 unspecified atom stereocenters. The van der Waals surface area contributed by atoms with E-state index in [-0.39, 0.29) is 17.9 Å². The van der Waals surface area contributed by atoms with Gasteiger partial charge in [-0.15, -0.1) is 0 Å². The van der Waals surface area contributed by atoms with E-state index in [0.29, 0.717) is 18.3 Å². The third-order valence-electron chi connectivity index (χ3n) is 3.62. The van der Waals surface area contributed by atoms with Crippen LogP contribution in [-0.2, 0) is 9.53 Å². The molecule has 1 aliphatic carbocycles. The molecule has 0 N–H and O–H groups in total. The first-order valence-electron chi connectivity index (χ1n) is 6.85. The van der Waals surface area contributed by atoms with Gasteiger partial charge in [-0.1, -0.05) is 44.2 Å². The average Bonchev–Trinajstić information content (AvgIpc) is 3.16. The first-order chi connectivity index (χ1) is 8.65. The monoisotopic (exact) mass is 246 g/mol. The summed E-state index contributed by atoms with van der Waals surface area (Å²) in [5, 5.41) is 0. The number of rotatable bonds is 6. The van der Waals surface area contributed by atoms with Crippen molar-refractivity contribution in [1.29, 1.82) is 0 Å². The Morgan fingerprint density at radius 1 is 1.33 bits per heavy atom. The van der Waals surface area contributed by atoms with E-state index in [2.05, 4.69) is 26.0 Å². The highest BCUT2D eigenvalue weighted by Gasteiger charge is 2.46. The number of carbonyl (C=O) groups is 1. The molecule has 18 heavy (non-hydrogen) atoms. The van der Waals surface area contributed by atoms with Crippen LogP contribution >= 0.6 is 0 Å². The number of carbonyl (C=O) groups excluding carboxylic acids is 1. The van der Waals surface area contributed by atoms with Gasteiger partial charge in [0.05, 0.1) is 0 Å². The fraction of sp³-hybridized carbons (Fsp3) is 0.562. The van der Waals surface area contributed by atoms with Crippen LogP contribution in [0.2, 0.25) is 0 Å². The van der Waals surface area contributed by atoms with Crippen LogP contribution < -0.4 is 0 Å². The summed E-state index contributed by atoms with van der Waals surface area (Å²) < 4.78 is 5.60. The summed E-state index contributed by atoms with van der Waals surface area (Å²) in [5.41, 5.74) is 1.29. The standard InChI is InChI=1S/C16H22O2/c1-4-18-16(11(2)3)15(17)14-10-13(14)12-8-6-5-7-9-12/h5-9,11,13-14,16H,4,10H2,1-3H3. The second kappa shape index (κ2) is 5.66. The fourth-order valence-corrected chi connectivity index (χ4v) is 2.57. The Kier molecular flexibility index (Phi) is 4.18. The molecule has 1 aliphatic rings. The second-order valence-corrected chi connectivity index (χ2v) is 5.38. The molecule has 1 fully saturated rings. The van der Waals surface area contributed by atoms with Crippen LogP contribution in [-0.4, -0.2) is 18.5 Å². The molecule has 0 aliphatic heterocycles. The van der Waals surface area contributed by atoms with E-state index >= 15 is 0 Å². The molecule has 2 rings (SSSR count). The zero-order valence-electron chi connectivity index (χ0n) is 11.4. The maximum absolute atomic E-state index is 12.4. The Hall–Kier alpha value is -1.15. The van der Waals surface area contributed by atoms with E-state index in [0.717, 1.165) is 6.42 Å². The lowest BCUT2D eigenvalue weighted by Gasteiger charge is -2.19. The molecule has 0 bridgehead atoms. The Balaban J connectivity index is 2.00. The van der Waals surface area contributed by atoms with Crippen molar-refractivity contribution in [3.8, 4) is 0 Å². The van der Waals surface area contributed by atoms with Crippen molar-refractivity contribution < 1.29 is 9.53 Å². The Morgan fingerprint density at radius 3 is 2.56 bits per heavy atom. The van der Waals surface area contributed by atoms with E-state index in [1.165, 1.54) is 5.56 Å². The maximum atomic E-state index is 12.4. The molecule has 0 saturated heterocycles. The lowest BCUT2D eigenvalue weighted by atomic mass is 9.97. The third kappa shape index (κ3) is 2.81. The molecular formula is C16H22O2. The largest absolute Gasteiger partial charge is 0.370 e. The highest BCUT2D eigenvalue weighted by atomic mass is 16.5. The van der Waals surface area contributed by atoms with Gasteiger partial charge < -0.3 is 4.74 Å². The molecule has 0 heterocycles. The van der Waals surface area contributed by atoms with Gasteiger partial charge in [0.1, 0.15) is 6.10 Å². The predicted molar refractivity (Wildman–Crippen MR) is 72.5 cm³/mol. The van der Waals surface area contributed by atoms with Crippen LogP contribution in [0.5, 0.6) is 0 Å². The molecule has 1 saturated carbocycles. The van der Waals surface area contributed by atoms with Crippen LogP contribution in [0.25, 0.3) is 0 Å². The van der Waals surface area contributed by atoms with E-state index in [4.69, 9.17) is 4.74 Å². The highest BCUT2D eigenvalue weighted by Crippen LogP contribution is 2.49. The maximum Gasteiger partial charge on any atom is 0.165 e. The molecule has 2 nitrogen and oxygen atoms in total. The van der Waals surface area contributed by atoms with Gasteiger partial charge in [-0.05, 0) is 30.7 Å². The van der Waals surface area contributed by atoms with Crippen LogP contribution in [0.15, 0.2) is 30.3 Å². The normalized spacial score (nSPS) is 24.0. The molecule has 1 aromatic carbocycles. The summed E-state index contributed by atoms with van der Waals surface area (Å²) in [6.07, 6.45) is 0.757. The fourth-order valence-electron chi connectivity index (χ4n) is 2.57. The van der Waals surface area contributed by atoms with Crippen molar-refractivity contribution in [2.75, 3.05) is 6.61 Å². The Labute approximate surface area is 109 Å². The van der Waals surface area contributed by atoms with Gasteiger partial charge in [-0.3, -0.25) is 4.79 Å². The number of benzene rings is 1.